The lowest BCUT2D eigenvalue weighted by atomic mass is 9.96. The maximum atomic E-state index is 8.67. The monoisotopic (exact) mass is 268 g/mol. The first-order valence-electron chi connectivity index (χ1n) is 6.94. The molecular formula is C14H25BO2S. The molecule has 0 aliphatic rings. The van der Waals surface area contributed by atoms with Crippen LogP contribution in [0.1, 0.15) is 51.3 Å². The van der Waals surface area contributed by atoms with Crippen LogP contribution in [0.2, 0.25) is 0 Å². The third-order valence-corrected chi connectivity index (χ3v) is 4.26. The highest BCUT2D eigenvalue weighted by molar-refractivity contribution is 7.13. The summed E-state index contributed by atoms with van der Waals surface area (Å²) in [5.41, 5.74) is 0. The number of thiophene rings is 1. The number of aryl methyl sites for hydroxylation is 1. The van der Waals surface area contributed by atoms with Crippen molar-refractivity contribution >= 4 is 19.0 Å². The van der Waals surface area contributed by atoms with Crippen LogP contribution in [0.4, 0.5) is 0 Å². The molecule has 0 fully saturated rings. The minimum absolute atomic E-state index is 0.231. The summed E-state index contributed by atoms with van der Waals surface area (Å²) in [6.45, 7) is 6.93. The van der Waals surface area contributed by atoms with Crippen LogP contribution in [0.5, 0.6) is 5.06 Å². The molecule has 1 unspecified atom stereocenters. The minimum atomic E-state index is -0.231. The molecule has 0 amide bonds. The molecule has 2 nitrogen and oxygen atoms in total. The Morgan fingerprint density at radius 1 is 1.22 bits per heavy atom. The molecule has 0 radical (unpaired) electrons. The number of hydrogen-bond donors (Lipinski definition) is 1. The molecule has 1 atom stereocenters. The summed E-state index contributed by atoms with van der Waals surface area (Å²) in [7, 11) is -0.231. The van der Waals surface area contributed by atoms with E-state index in [1.807, 2.05) is 6.07 Å². The van der Waals surface area contributed by atoms with Crippen LogP contribution in [0.3, 0.4) is 0 Å². The highest BCUT2D eigenvalue weighted by Crippen LogP contribution is 2.26. The van der Waals surface area contributed by atoms with Crippen LogP contribution in [-0.4, -0.2) is 12.7 Å². The molecule has 4 heteroatoms. The zero-order valence-electron chi connectivity index (χ0n) is 11.8. The summed E-state index contributed by atoms with van der Waals surface area (Å²) < 4.78 is 5.06. The fourth-order valence-electron chi connectivity index (χ4n) is 2.04. The van der Waals surface area contributed by atoms with E-state index in [9.17, 15) is 0 Å². The van der Waals surface area contributed by atoms with Crippen molar-refractivity contribution in [3.05, 3.63) is 17.0 Å². The Labute approximate surface area is 116 Å². The standard InChI is InChI=1S/C14H25BO2S/c1-11(2)5-4-6-12(3)7-8-13-9-10-14(18-13)17-15-16/h9-12,15-16H,4-8H2,1-3H3. The first-order valence-corrected chi connectivity index (χ1v) is 7.75. The summed E-state index contributed by atoms with van der Waals surface area (Å²) in [6, 6.07) is 4.05. The van der Waals surface area contributed by atoms with Gasteiger partial charge in [0.25, 0.3) is 0 Å². The summed E-state index contributed by atoms with van der Waals surface area (Å²) in [5.74, 6) is 1.63. The average molecular weight is 268 g/mol. The first kappa shape index (κ1) is 15.6. The van der Waals surface area contributed by atoms with E-state index < -0.39 is 0 Å². The van der Waals surface area contributed by atoms with Gasteiger partial charge in [-0.15, -0.1) is 11.3 Å². The Kier molecular flexibility index (Phi) is 7.44. The second-order valence-electron chi connectivity index (χ2n) is 5.46. The highest BCUT2D eigenvalue weighted by Gasteiger charge is 2.06. The van der Waals surface area contributed by atoms with Gasteiger partial charge in [0.2, 0.25) is 0 Å². The van der Waals surface area contributed by atoms with Crippen molar-refractivity contribution in [2.75, 3.05) is 0 Å². The van der Waals surface area contributed by atoms with Crippen molar-refractivity contribution < 1.29 is 9.68 Å². The van der Waals surface area contributed by atoms with Gasteiger partial charge in [-0.1, -0.05) is 40.0 Å². The lowest BCUT2D eigenvalue weighted by Gasteiger charge is -2.11. The van der Waals surface area contributed by atoms with Gasteiger partial charge in [0.1, 0.15) is 0 Å². The Balaban J connectivity index is 2.18. The van der Waals surface area contributed by atoms with E-state index in [0.717, 1.165) is 23.3 Å². The molecule has 0 aliphatic carbocycles. The van der Waals surface area contributed by atoms with Gasteiger partial charge in [-0.25, -0.2) is 0 Å². The Morgan fingerprint density at radius 3 is 2.67 bits per heavy atom. The van der Waals surface area contributed by atoms with Crippen molar-refractivity contribution in [3.63, 3.8) is 0 Å². The van der Waals surface area contributed by atoms with Crippen LogP contribution in [0.15, 0.2) is 12.1 Å². The third-order valence-electron chi connectivity index (χ3n) is 3.21. The molecule has 0 bridgehead atoms. The van der Waals surface area contributed by atoms with Crippen LogP contribution < -0.4 is 4.65 Å². The molecule has 0 saturated heterocycles. The van der Waals surface area contributed by atoms with E-state index in [1.165, 1.54) is 30.6 Å². The molecule has 0 spiro atoms. The third kappa shape index (κ3) is 6.46. The molecule has 1 N–H and O–H groups in total. The van der Waals surface area contributed by atoms with Crippen molar-refractivity contribution in [2.24, 2.45) is 11.8 Å². The predicted octanol–water partition coefficient (Wildman–Crippen LogP) is 3.78. The molecule has 0 aliphatic heterocycles. The zero-order valence-corrected chi connectivity index (χ0v) is 12.6. The fourth-order valence-corrected chi connectivity index (χ4v) is 2.90. The minimum Gasteiger partial charge on any atom is -0.531 e. The van der Waals surface area contributed by atoms with Gasteiger partial charge < -0.3 is 9.68 Å². The van der Waals surface area contributed by atoms with E-state index in [1.54, 1.807) is 11.3 Å². The van der Waals surface area contributed by atoms with E-state index in [2.05, 4.69) is 26.8 Å². The predicted molar refractivity (Wildman–Crippen MR) is 80.5 cm³/mol. The normalized spacial score (nSPS) is 12.7. The lowest BCUT2D eigenvalue weighted by molar-refractivity contribution is 0.437. The smallest absolute Gasteiger partial charge is 0.504 e. The molecule has 0 aromatic carbocycles. The maximum absolute atomic E-state index is 8.67. The molecular weight excluding hydrogens is 243 g/mol. The van der Waals surface area contributed by atoms with Gasteiger partial charge in [-0.05, 0) is 36.8 Å². The zero-order chi connectivity index (χ0) is 13.4. The molecule has 1 heterocycles. The van der Waals surface area contributed by atoms with E-state index in [-0.39, 0.29) is 7.69 Å². The van der Waals surface area contributed by atoms with Gasteiger partial charge in [-0.3, -0.25) is 0 Å². The van der Waals surface area contributed by atoms with E-state index in [0.29, 0.717) is 0 Å². The summed E-state index contributed by atoms with van der Waals surface area (Å²) in [6.07, 6.45) is 6.41. The summed E-state index contributed by atoms with van der Waals surface area (Å²) in [5, 5.41) is 9.49. The molecule has 0 saturated carbocycles. The molecule has 102 valence electrons. The van der Waals surface area contributed by atoms with E-state index in [4.69, 9.17) is 9.68 Å². The van der Waals surface area contributed by atoms with Gasteiger partial charge in [0.05, 0.1) is 0 Å². The topological polar surface area (TPSA) is 29.5 Å². The van der Waals surface area contributed by atoms with Crippen molar-refractivity contribution in [3.8, 4) is 5.06 Å². The first-order chi connectivity index (χ1) is 8.61. The fraction of sp³-hybridized carbons (Fsp3) is 0.714. The van der Waals surface area contributed by atoms with Crippen molar-refractivity contribution in [2.45, 2.75) is 52.9 Å². The van der Waals surface area contributed by atoms with Crippen LogP contribution in [0.25, 0.3) is 0 Å². The van der Waals surface area contributed by atoms with Crippen molar-refractivity contribution in [1.29, 1.82) is 0 Å². The molecule has 1 rings (SSSR count). The summed E-state index contributed by atoms with van der Waals surface area (Å²) in [4.78, 5) is 1.36. The van der Waals surface area contributed by atoms with Crippen molar-refractivity contribution in [1.82, 2.24) is 0 Å². The largest absolute Gasteiger partial charge is 0.531 e. The summed E-state index contributed by atoms with van der Waals surface area (Å²) >= 11 is 1.65. The maximum Gasteiger partial charge on any atom is 0.504 e. The Hall–Kier alpha value is -0.475. The molecule has 1 aromatic rings. The van der Waals surface area contributed by atoms with E-state index >= 15 is 0 Å². The number of rotatable bonds is 9. The highest BCUT2D eigenvalue weighted by atomic mass is 32.1. The molecule has 1 aromatic heterocycles. The quantitative estimate of drug-likeness (QED) is 0.691. The SMILES string of the molecule is CC(C)CCCC(C)CCc1ccc(OBO)s1. The molecule has 18 heavy (non-hydrogen) atoms. The average Bonchev–Trinajstić information content (AvgIpc) is 2.74. The van der Waals surface area contributed by atoms with Gasteiger partial charge >= 0.3 is 7.69 Å². The van der Waals surface area contributed by atoms with Gasteiger partial charge in [0.15, 0.2) is 5.06 Å². The number of hydrogen-bond acceptors (Lipinski definition) is 3. The van der Waals surface area contributed by atoms with Crippen LogP contribution in [0, 0.1) is 11.8 Å². The second-order valence-corrected chi connectivity index (χ2v) is 6.59. The Bertz CT molecular complexity index is 325. The lowest BCUT2D eigenvalue weighted by Crippen LogP contribution is -1.98. The van der Waals surface area contributed by atoms with Gasteiger partial charge in [0, 0.05) is 4.88 Å². The second kappa shape index (κ2) is 8.60. The Morgan fingerprint density at radius 2 is 2.00 bits per heavy atom. The van der Waals surface area contributed by atoms with Crippen LogP contribution >= 0.6 is 11.3 Å². The van der Waals surface area contributed by atoms with Crippen LogP contribution in [-0.2, 0) is 6.42 Å². The van der Waals surface area contributed by atoms with Gasteiger partial charge in [-0.2, -0.15) is 0 Å².